The Kier molecular flexibility index (Phi) is 6.64. The first-order valence-electron chi connectivity index (χ1n) is 13.8. The van der Waals surface area contributed by atoms with Crippen LogP contribution in [0.15, 0.2) is 18.2 Å². The van der Waals surface area contributed by atoms with Crippen molar-refractivity contribution in [3.63, 3.8) is 0 Å². The fourth-order valence-electron chi connectivity index (χ4n) is 6.16. The summed E-state index contributed by atoms with van der Waals surface area (Å²) in [5.41, 5.74) is 0.741. The first-order valence-corrected chi connectivity index (χ1v) is 14.6. The van der Waals surface area contributed by atoms with E-state index in [1.54, 1.807) is 4.90 Å². The Hall–Kier alpha value is -3.50. The van der Waals surface area contributed by atoms with E-state index in [1.165, 1.54) is 0 Å². The van der Waals surface area contributed by atoms with Crippen LogP contribution in [0.2, 0.25) is 0 Å². The standard InChI is InChI=1S/C28H25F7N6O2S/c1-26(31,32)27(9-42-10-27)11-43-25-39-20-15(23(40-25)41-7-12-2-3-13(8-41)37-12)6-16(28(33,34)35)18(19(20)30)14-4-5-17(29)22-21(14)38-24(36)44-22/h4-6,12-13,37H,2-3,7-11H2,1H3,(H2,36,38). The van der Waals surface area contributed by atoms with Gasteiger partial charge in [0.2, 0.25) is 0 Å². The van der Waals surface area contributed by atoms with Crippen molar-refractivity contribution in [3.05, 3.63) is 35.4 Å². The Bertz CT molecular complexity index is 1780. The van der Waals surface area contributed by atoms with Gasteiger partial charge in [-0.25, -0.2) is 22.5 Å². The predicted molar refractivity (Wildman–Crippen MR) is 149 cm³/mol. The predicted octanol–water partition coefficient (Wildman–Crippen LogP) is 5.78. The van der Waals surface area contributed by atoms with Crippen molar-refractivity contribution in [2.45, 2.75) is 43.9 Å². The quantitative estimate of drug-likeness (QED) is 0.256. The van der Waals surface area contributed by atoms with Crippen LogP contribution < -0.4 is 20.7 Å². The van der Waals surface area contributed by atoms with Crippen molar-refractivity contribution in [2.75, 3.05) is 43.5 Å². The van der Waals surface area contributed by atoms with Crippen molar-refractivity contribution in [3.8, 4) is 17.1 Å². The summed E-state index contributed by atoms with van der Waals surface area (Å²) in [5, 5.41) is 3.07. The van der Waals surface area contributed by atoms with Crippen LogP contribution in [0, 0.1) is 17.0 Å². The number of anilines is 2. The zero-order valence-corrected chi connectivity index (χ0v) is 23.9. The van der Waals surface area contributed by atoms with E-state index in [2.05, 4.69) is 20.3 Å². The summed E-state index contributed by atoms with van der Waals surface area (Å²) in [6.45, 7) is 0.329. The number of halogens is 7. The first kappa shape index (κ1) is 29.2. The number of thiazole rings is 1. The van der Waals surface area contributed by atoms with Crippen LogP contribution in [-0.4, -0.2) is 65.9 Å². The SMILES string of the molecule is CC(F)(F)C1(COc2nc(N3CC4CCC(C3)N4)c3cc(C(F)(F)F)c(-c4ccc(F)c5sc(N)nc45)c(F)c3n2)COC1. The minimum Gasteiger partial charge on any atom is -0.462 e. The van der Waals surface area contributed by atoms with E-state index in [0.29, 0.717) is 13.1 Å². The molecule has 0 spiro atoms. The molecule has 2 aromatic heterocycles. The molecule has 2 aromatic carbocycles. The van der Waals surface area contributed by atoms with Crippen LogP contribution >= 0.6 is 11.3 Å². The average molecular weight is 643 g/mol. The number of ether oxygens (including phenoxy) is 2. The highest BCUT2D eigenvalue weighted by Crippen LogP contribution is 2.47. The van der Waals surface area contributed by atoms with Crippen LogP contribution in [0.3, 0.4) is 0 Å². The Balaban J connectivity index is 1.45. The Morgan fingerprint density at radius 1 is 1.07 bits per heavy atom. The Morgan fingerprint density at radius 3 is 2.39 bits per heavy atom. The zero-order chi connectivity index (χ0) is 31.2. The van der Waals surface area contributed by atoms with E-state index in [4.69, 9.17) is 15.2 Å². The molecule has 2 bridgehead atoms. The molecular formula is C28H25F7N6O2S. The van der Waals surface area contributed by atoms with Gasteiger partial charge in [0.1, 0.15) is 29.2 Å². The molecule has 3 saturated heterocycles. The van der Waals surface area contributed by atoms with E-state index in [0.717, 1.165) is 49.3 Å². The third-order valence-electron chi connectivity index (χ3n) is 8.66. The molecule has 0 aliphatic carbocycles. The lowest BCUT2D eigenvalue weighted by molar-refractivity contribution is -0.246. The second-order valence-corrected chi connectivity index (χ2v) is 12.7. The highest BCUT2D eigenvalue weighted by atomic mass is 32.1. The number of benzene rings is 2. The van der Waals surface area contributed by atoms with Crippen LogP contribution in [0.4, 0.5) is 41.7 Å². The molecule has 0 saturated carbocycles. The number of nitrogens with two attached hydrogens (primary N) is 1. The van der Waals surface area contributed by atoms with Gasteiger partial charge in [-0.05, 0) is 31.0 Å². The molecule has 2 unspecified atom stereocenters. The molecule has 44 heavy (non-hydrogen) atoms. The van der Waals surface area contributed by atoms with Crippen LogP contribution in [0.1, 0.15) is 25.3 Å². The number of nitrogens with zero attached hydrogens (tertiary/aromatic N) is 4. The number of nitrogen functional groups attached to an aromatic ring is 1. The molecule has 16 heteroatoms. The lowest BCUT2D eigenvalue weighted by Crippen LogP contribution is -2.57. The van der Waals surface area contributed by atoms with Gasteiger partial charge in [-0.15, -0.1) is 0 Å². The normalized spacial score (nSPS) is 21.7. The third-order valence-corrected chi connectivity index (χ3v) is 9.55. The van der Waals surface area contributed by atoms with Gasteiger partial charge in [-0.2, -0.15) is 23.1 Å². The van der Waals surface area contributed by atoms with Gasteiger partial charge in [-0.1, -0.05) is 11.3 Å². The van der Waals surface area contributed by atoms with Gasteiger partial charge in [0.05, 0.1) is 29.0 Å². The second kappa shape index (κ2) is 10.0. The van der Waals surface area contributed by atoms with Crippen LogP contribution in [-0.2, 0) is 10.9 Å². The molecule has 5 heterocycles. The summed E-state index contributed by atoms with van der Waals surface area (Å²) in [4.78, 5) is 14.2. The smallest absolute Gasteiger partial charge is 0.417 e. The van der Waals surface area contributed by atoms with Gasteiger partial charge in [0.25, 0.3) is 5.92 Å². The monoisotopic (exact) mass is 642 g/mol. The molecule has 8 nitrogen and oxygen atoms in total. The number of aromatic nitrogens is 3. The van der Waals surface area contributed by atoms with Crippen LogP contribution in [0.5, 0.6) is 6.01 Å². The van der Waals surface area contributed by atoms with Crippen molar-refractivity contribution in [2.24, 2.45) is 5.41 Å². The van der Waals surface area contributed by atoms with Crippen molar-refractivity contribution in [1.29, 1.82) is 0 Å². The van der Waals surface area contributed by atoms with Crippen LogP contribution in [0.25, 0.3) is 32.2 Å². The fourth-order valence-corrected chi connectivity index (χ4v) is 6.93. The maximum absolute atomic E-state index is 16.6. The Labute approximate surface area is 249 Å². The molecular weight excluding hydrogens is 617 g/mol. The largest absolute Gasteiger partial charge is 0.462 e. The first-order chi connectivity index (χ1) is 20.7. The van der Waals surface area contributed by atoms with Gasteiger partial charge < -0.3 is 25.4 Å². The van der Waals surface area contributed by atoms with Gasteiger partial charge in [0.15, 0.2) is 10.9 Å². The van der Waals surface area contributed by atoms with E-state index in [9.17, 15) is 26.3 Å². The lowest BCUT2D eigenvalue weighted by atomic mass is 9.81. The molecule has 4 aromatic rings. The summed E-state index contributed by atoms with van der Waals surface area (Å²) in [5.74, 6) is -5.35. The summed E-state index contributed by atoms with van der Waals surface area (Å²) in [6, 6.07) is 2.29. The Morgan fingerprint density at radius 2 is 1.77 bits per heavy atom. The van der Waals surface area contributed by atoms with E-state index < -0.39 is 58.4 Å². The zero-order valence-electron chi connectivity index (χ0n) is 23.1. The number of alkyl halides is 5. The van der Waals surface area contributed by atoms with Gasteiger partial charge >= 0.3 is 12.2 Å². The van der Waals surface area contributed by atoms with Crippen molar-refractivity contribution >= 4 is 43.4 Å². The fraction of sp³-hybridized carbons (Fsp3) is 0.464. The molecule has 3 fully saturated rings. The van der Waals surface area contributed by atoms with E-state index in [-0.39, 0.29) is 57.4 Å². The minimum atomic E-state index is -5.05. The van der Waals surface area contributed by atoms with Crippen molar-refractivity contribution in [1.82, 2.24) is 20.3 Å². The molecule has 3 aliphatic heterocycles. The number of hydrogen-bond acceptors (Lipinski definition) is 9. The summed E-state index contributed by atoms with van der Waals surface area (Å²) < 4.78 is 115. The van der Waals surface area contributed by atoms with Crippen molar-refractivity contribution < 1.29 is 40.2 Å². The maximum Gasteiger partial charge on any atom is 0.417 e. The number of piperazine rings is 1. The number of nitrogens with one attached hydrogen (secondary N) is 1. The topological polar surface area (TPSA) is 98.4 Å². The molecule has 0 radical (unpaired) electrons. The highest BCUT2D eigenvalue weighted by Gasteiger charge is 2.56. The third kappa shape index (κ3) is 4.68. The minimum absolute atomic E-state index is 0.0105. The average Bonchev–Trinajstić information content (AvgIpc) is 3.48. The molecule has 234 valence electrons. The van der Waals surface area contributed by atoms with Gasteiger partial charge in [0, 0.05) is 48.6 Å². The highest BCUT2D eigenvalue weighted by molar-refractivity contribution is 7.22. The van der Waals surface area contributed by atoms with E-state index >= 15 is 4.39 Å². The van der Waals surface area contributed by atoms with Gasteiger partial charge in [-0.3, -0.25) is 0 Å². The lowest BCUT2D eigenvalue weighted by Gasteiger charge is -2.44. The molecule has 3 N–H and O–H groups in total. The maximum atomic E-state index is 16.6. The molecule has 3 aliphatic rings. The number of hydrogen-bond donors (Lipinski definition) is 2. The summed E-state index contributed by atoms with van der Waals surface area (Å²) in [6.07, 6.45) is -3.37. The molecule has 0 amide bonds. The van der Waals surface area contributed by atoms with E-state index in [1.807, 2.05) is 0 Å². The summed E-state index contributed by atoms with van der Waals surface area (Å²) in [7, 11) is 0. The molecule has 7 rings (SSSR count). The second-order valence-electron chi connectivity index (χ2n) is 11.7. The number of fused-ring (bicyclic) bond motifs is 4. The number of rotatable bonds is 6. The molecule has 2 atom stereocenters. The summed E-state index contributed by atoms with van der Waals surface area (Å²) >= 11 is 0.717.